The second kappa shape index (κ2) is 6.50. The van der Waals surface area contributed by atoms with Gasteiger partial charge in [0.2, 0.25) is 0 Å². The van der Waals surface area contributed by atoms with Gasteiger partial charge in [-0.1, -0.05) is 23.7 Å². The molecule has 128 valence electrons. The molecule has 5 nitrogen and oxygen atoms in total. The number of aromatic nitrogens is 2. The first-order chi connectivity index (χ1) is 12.1. The minimum atomic E-state index is 0.0803. The van der Waals surface area contributed by atoms with Crippen LogP contribution in [0.4, 0.5) is 0 Å². The van der Waals surface area contributed by atoms with E-state index < -0.39 is 0 Å². The molecule has 3 heterocycles. The lowest BCUT2D eigenvalue weighted by Gasteiger charge is -2.32. The summed E-state index contributed by atoms with van der Waals surface area (Å²) in [5, 5.41) is 0.701. The first-order valence-electron chi connectivity index (χ1n) is 8.33. The van der Waals surface area contributed by atoms with Gasteiger partial charge in [-0.15, -0.1) is 0 Å². The molecule has 0 bridgehead atoms. The summed E-state index contributed by atoms with van der Waals surface area (Å²) >= 11 is 5.95. The van der Waals surface area contributed by atoms with E-state index in [4.69, 9.17) is 11.6 Å². The van der Waals surface area contributed by atoms with Gasteiger partial charge < -0.3 is 14.2 Å². The zero-order valence-electron chi connectivity index (χ0n) is 14.0. The summed E-state index contributed by atoms with van der Waals surface area (Å²) in [6.07, 6.45) is 3.81. The number of halogens is 1. The number of carbonyl (C=O) groups is 1. The number of imidazole rings is 1. The van der Waals surface area contributed by atoms with E-state index in [0.717, 1.165) is 43.1 Å². The van der Waals surface area contributed by atoms with Crippen LogP contribution in [0.1, 0.15) is 10.4 Å². The molecule has 0 N–H and O–H groups in total. The van der Waals surface area contributed by atoms with Crippen molar-refractivity contribution in [1.29, 1.82) is 0 Å². The molecule has 0 atom stereocenters. The Labute approximate surface area is 151 Å². The maximum absolute atomic E-state index is 12.7. The van der Waals surface area contributed by atoms with Crippen molar-refractivity contribution in [1.82, 2.24) is 19.2 Å². The number of pyridine rings is 1. The van der Waals surface area contributed by atoms with E-state index >= 15 is 0 Å². The number of nitrogens with zero attached hydrogens (tertiary/aromatic N) is 4. The van der Waals surface area contributed by atoms with Crippen molar-refractivity contribution >= 4 is 23.2 Å². The second-order valence-corrected chi connectivity index (χ2v) is 6.85. The van der Waals surface area contributed by atoms with E-state index in [-0.39, 0.29) is 5.91 Å². The summed E-state index contributed by atoms with van der Waals surface area (Å²) in [7, 11) is 2.08. The highest BCUT2D eigenvalue weighted by atomic mass is 35.5. The molecule has 1 aliphatic rings. The maximum Gasteiger partial charge on any atom is 0.255 e. The number of fused-ring (bicyclic) bond motifs is 1. The number of likely N-dealkylation sites (N-methyl/N-ethyl adjacent to an activating group) is 1. The van der Waals surface area contributed by atoms with Crippen molar-refractivity contribution < 1.29 is 4.79 Å². The Balaban J connectivity index is 1.62. The van der Waals surface area contributed by atoms with Crippen molar-refractivity contribution in [2.75, 3.05) is 33.2 Å². The Hall–Kier alpha value is -2.37. The number of hydrogen-bond donors (Lipinski definition) is 0. The lowest BCUT2D eigenvalue weighted by Crippen LogP contribution is -2.47. The van der Waals surface area contributed by atoms with E-state index in [2.05, 4.69) is 16.9 Å². The minimum Gasteiger partial charge on any atom is -0.336 e. The van der Waals surface area contributed by atoms with Gasteiger partial charge in [0.05, 0.1) is 11.3 Å². The number of benzene rings is 1. The summed E-state index contributed by atoms with van der Waals surface area (Å²) in [6, 6.07) is 11.3. The lowest BCUT2D eigenvalue weighted by atomic mass is 10.2. The number of rotatable bonds is 2. The molecule has 6 heteroatoms. The molecule has 0 saturated carbocycles. The third kappa shape index (κ3) is 3.25. The molecule has 0 unspecified atom stereocenters. The first kappa shape index (κ1) is 16.1. The molecule has 3 aromatic rings. The van der Waals surface area contributed by atoms with E-state index in [9.17, 15) is 4.79 Å². The molecule has 2 aromatic heterocycles. The number of hydrogen-bond acceptors (Lipinski definition) is 3. The van der Waals surface area contributed by atoms with E-state index in [1.807, 2.05) is 58.1 Å². The fourth-order valence-corrected chi connectivity index (χ4v) is 3.20. The smallest absolute Gasteiger partial charge is 0.255 e. The van der Waals surface area contributed by atoms with Gasteiger partial charge in [-0.2, -0.15) is 0 Å². The minimum absolute atomic E-state index is 0.0803. The van der Waals surface area contributed by atoms with Gasteiger partial charge in [0, 0.05) is 49.2 Å². The zero-order chi connectivity index (χ0) is 17.4. The highest BCUT2D eigenvalue weighted by molar-refractivity contribution is 6.30. The fourth-order valence-electron chi connectivity index (χ4n) is 3.07. The predicted molar refractivity (Wildman–Crippen MR) is 99.0 cm³/mol. The number of amides is 1. The maximum atomic E-state index is 12.7. The normalized spacial score (nSPS) is 15.7. The second-order valence-electron chi connectivity index (χ2n) is 6.41. The molecule has 1 saturated heterocycles. The highest BCUT2D eigenvalue weighted by Crippen LogP contribution is 2.22. The standard InChI is InChI=1S/C19H19ClN4O/c1-22-8-10-23(11-9-22)19(25)15-4-7-18-21-17(13-24(18)12-15)14-2-5-16(20)6-3-14/h2-7,12-13H,8-11H2,1H3. The van der Waals surface area contributed by atoms with Gasteiger partial charge in [-0.3, -0.25) is 4.79 Å². The molecule has 1 aromatic carbocycles. The van der Waals surface area contributed by atoms with Crippen LogP contribution in [0, 0.1) is 0 Å². The summed E-state index contributed by atoms with van der Waals surface area (Å²) in [4.78, 5) is 21.5. The molecule has 0 radical (unpaired) electrons. The highest BCUT2D eigenvalue weighted by Gasteiger charge is 2.20. The van der Waals surface area contributed by atoms with Crippen molar-refractivity contribution in [3.8, 4) is 11.3 Å². The molecule has 4 rings (SSSR count). The van der Waals surface area contributed by atoms with Gasteiger partial charge in [0.15, 0.2) is 0 Å². The SMILES string of the molecule is CN1CCN(C(=O)c2ccc3nc(-c4ccc(Cl)cc4)cn3c2)CC1. The summed E-state index contributed by atoms with van der Waals surface area (Å²) < 4.78 is 1.91. The van der Waals surface area contributed by atoms with Crippen LogP contribution < -0.4 is 0 Å². The van der Waals surface area contributed by atoms with Crippen molar-refractivity contribution in [3.63, 3.8) is 0 Å². The van der Waals surface area contributed by atoms with E-state index in [1.54, 1.807) is 0 Å². The largest absolute Gasteiger partial charge is 0.336 e. The monoisotopic (exact) mass is 354 g/mol. The molecule has 1 aliphatic heterocycles. The third-order valence-corrected chi connectivity index (χ3v) is 4.88. The molecule has 1 amide bonds. The van der Waals surface area contributed by atoms with Crippen LogP contribution in [-0.4, -0.2) is 58.3 Å². The van der Waals surface area contributed by atoms with Crippen LogP contribution in [0.15, 0.2) is 48.8 Å². The van der Waals surface area contributed by atoms with Crippen molar-refractivity contribution in [3.05, 3.63) is 59.4 Å². The average Bonchev–Trinajstić information content (AvgIpc) is 3.05. The third-order valence-electron chi connectivity index (χ3n) is 4.63. The first-order valence-corrected chi connectivity index (χ1v) is 8.70. The molecule has 0 spiro atoms. The number of carbonyl (C=O) groups excluding carboxylic acids is 1. The summed E-state index contributed by atoms with van der Waals surface area (Å²) in [6.45, 7) is 3.38. The van der Waals surface area contributed by atoms with Gasteiger partial charge in [0.25, 0.3) is 5.91 Å². The molecular formula is C19H19ClN4O. The topological polar surface area (TPSA) is 40.8 Å². The Bertz CT molecular complexity index is 911. The van der Waals surface area contributed by atoms with E-state index in [1.165, 1.54) is 0 Å². The Morgan fingerprint density at radius 1 is 1.00 bits per heavy atom. The Morgan fingerprint density at radius 3 is 2.44 bits per heavy atom. The molecular weight excluding hydrogens is 336 g/mol. The van der Waals surface area contributed by atoms with E-state index in [0.29, 0.717) is 10.6 Å². The zero-order valence-corrected chi connectivity index (χ0v) is 14.8. The van der Waals surface area contributed by atoms with Gasteiger partial charge in [0.1, 0.15) is 5.65 Å². The van der Waals surface area contributed by atoms with Crippen molar-refractivity contribution in [2.24, 2.45) is 0 Å². The van der Waals surface area contributed by atoms with Gasteiger partial charge in [-0.05, 0) is 31.3 Å². The van der Waals surface area contributed by atoms with Crippen LogP contribution in [0.3, 0.4) is 0 Å². The van der Waals surface area contributed by atoms with Crippen LogP contribution in [0.2, 0.25) is 5.02 Å². The van der Waals surface area contributed by atoms with Gasteiger partial charge >= 0.3 is 0 Å². The average molecular weight is 355 g/mol. The summed E-state index contributed by atoms with van der Waals surface area (Å²) in [5.74, 6) is 0.0803. The van der Waals surface area contributed by atoms with Crippen LogP contribution in [-0.2, 0) is 0 Å². The summed E-state index contributed by atoms with van der Waals surface area (Å²) in [5.41, 5.74) is 3.37. The number of piperazine rings is 1. The molecule has 0 aliphatic carbocycles. The Morgan fingerprint density at radius 2 is 1.72 bits per heavy atom. The predicted octanol–water partition coefficient (Wildman–Crippen LogP) is 3.04. The quantitative estimate of drug-likeness (QED) is 0.710. The van der Waals surface area contributed by atoms with Crippen LogP contribution >= 0.6 is 11.6 Å². The molecule has 1 fully saturated rings. The lowest BCUT2D eigenvalue weighted by molar-refractivity contribution is 0.0663. The fraction of sp³-hybridized carbons (Fsp3) is 0.263. The van der Waals surface area contributed by atoms with Crippen LogP contribution in [0.5, 0.6) is 0 Å². The molecule has 25 heavy (non-hydrogen) atoms. The van der Waals surface area contributed by atoms with Gasteiger partial charge in [-0.25, -0.2) is 4.98 Å². The Kier molecular flexibility index (Phi) is 4.19. The van der Waals surface area contributed by atoms with Crippen LogP contribution in [0.25, 0.3) is 16.9 Å². The van der Waals surface area contributed by atoms with Crippen molar-refractivity contribution in [2.45, 2.75) is 0 Å².